The van der Waals surface area contributed by atoms with Gasteiger partial charge in [-0.15, -0.1) is 0 Å². The minimum absolute atomic E-state index is 0.0126. The lowest BCUT2D eigenvalue weighted by atomic mass is 9.74. The molecule has 3 heterocycles. The van der Waals surface area contributed by atoms with Gasteiger partial charge in [-0.1, -0.05) is 24.3 Å². The van der Waals surface area contributed by atoms with E-state index in [9.17, 15) is 14.4 Å². The summed E-state index contributed by atoms with van der Waals surface area (Å²) in [5.74, 6) is -0.722. The highest BCUT2D eigenvalue weighted by Gasteiger charge is 2.54. The van der Waals surface area contributed by atoms with E-state index < -0.39 is 5.41 Å². The Balaban J connectivity index is 1.61. The number of imide groups is 1. The molecule has 0 saturated carbocycles. The highest BCUT2D eigenvalue weighted by atomic mass is 16.5. The van der Waals surface area contributed by atoms with Gasteiger partial charge in [0.15, 0.2) is 0 Å². The molecule has 2 atom stereocenters. The fraction of sp³-hybridized carbons (Fsp3) is 0.462. The van der Waals surface area contributed by atoms with Gasteiger partial charge in [-0.25, -0.2) is 0 Å². The predicted octanol–water partition coefficient (Wildman–Crippen LogP) is 3.00. The number of nitrogens with zero attached hydrogens (tertiary/aromatic N) is 3. The van der Waals surface area contributed by atoms with Gasteiger partial charge in [0, 0.05) is 45.4 Å². The largest absolute Gasteiger partial charge is 0.376 e. The first-order valence-electron chi connectivity index (χ1n) is 11.6. The minimum atomic E-state index is -1.20. The lowest BCUT2D eigenvalue weighted by Crippen LogP contribution is -2.44. The van der Waals surface area contributed by atoms with E-state index in [-0.39, 0.29) is 43.2 Å². The molecule has 2 aliphatic rings. The van der Waals surface area contributed by atoms with Gasteiger partial charge >= 0.3 is 0 Å². The molecule has 0 bridgehead atoms. The summed E-state index contributed by atoms with van der Waals surface area (Å²) >= 11 is 0. The summed E-state index contributed by atoms with van der Waals surface area (Å²) < 4.78 is 5.79. The average Bonchev–Trinajstić information content (AvgIpc) is 3.05. The van der Waals surface area contributed by atoms with Crippen LogP contribution in [0.2, 0.25) is 0 Å². The molecule has 174 valence electrons. The summed E-state index contributed by atoms with van der Waals surface area (Å²) in [6.07, 6.45) is 6.32. The first-order valence-corrected chi connectivity index (χ1v) is 11.6. The molecule has 4 rings (SSSR count). The summed E-state index contributed by atoms with van der Waals surface area (Å²) in [5, 5.41) is 0. The highest BCUT2D eigenvalue weighted by molar-refractivity contribution is 6.10. The van der Waals surface area contributed by atoms with E-state index in [1.165, 1.54) is 4.90 Å². The normalized spacial score (nSPS) is 23.1. The zero-order valence-electron chi connectivity index (χ0n) is 19.3. The van der Waals surface area contributed by atoms with Crippen molar-refractivity contribution in [2.45, 2.75) is 57.1 Å². The number of aryl methyl sites for hydroxylation is 1. The summed E-state index contributed by atoms with van der Waals surface area (Å²) in [5.41, 5.74) is 1.27. The molecule has 2 aliphatic heterocycles. The van der Waals surface area contributed by atoms with Crippen molar-refractivity contribution < 1.29 is 19.1 Å². The van der Waals surface area contributed by atoms with Crippen LogP contribution in [0, 0.1) is 6.92 Å². The first kappa shape index (κ1) is 23.1. The number of hydrogen-bond donors (Lipinski definition) is 0. The number of likely N-dealkylation sites (N-methyl/N-ethyl adjacent to an activating group) is 1. The Hall–Kier alpha value is -3.06. The van der Waals surface area contributed by atoms with Crippen molar-refractivity contribution in [2.75, 3.05) is 20.2 Å². The van der Waals surface area contributed by atoms with Crippen LogP contribution in [0.4, 0.5) is 0 Å². The third kappa shape index (κ3) is 4.83. The number of amides is 3. The smallest absolute Gasteiger partial charge is 0.241 e. The third-order valence-corrected chi connectivity index (χ3v) is 6.79. The van der Waals surface area contributed by atoms with Crippen LogP contribution in [0.25, 0.3) is 0 Å². The SMILES string of the molecule is Cc1ccccc1[C@@]1(CC(=O)N(C)C[C@@H]2CCCCO2)CC(=O)N(Cc2ccncc2)C1=O. The van der Waals surface area contributed by atoms with Crippen LogP contribution in [0.1, 0.15) is 48.8 Å². The second kappa shape index (κ2) is 9.83. The van der Waals surface area contributed by atoms with Crippen LogP contribution >= 0.6 is 0 Å². The number of carbonyl (C=O) groups is 3. The zero-order valence-corrected chi connectivity index (χ0v) is 19.3. The molecule has 0 radical (unpaired) electrons. The van der Waals surface area contributed by atoms with E-state index in [4.69, 9.17) is 4.74 Å². The third-order valence-electron chi connectivity index (χ3n) is 6.79. The molecular weight excluding hydrogens is 418 g/mol. The number of pyridine rings is 1. The number of ether oxygens (including phenoxy) is 1. The maximum Gasteiger partial charge on any atom is 0.241 e. The fourth-order valence-corrected chi connectivity index (χ4v) is 4.94. The molecule has 0 N–H and O–H groups in total. The molecular formula is C26H31N3O4. The second-order valence-corrected chi connectivity index (χ2v) is 9.15. The van der Waals surface area contributed by atoms with Gasteiger partial charge in [-0.05, 0) is 55.0 Å². The summed E-state index contributed by atoms with van der Waals surface area (Å²) in [6, 6.07) is 11.1. The molecule has 7 nitrogen and oxygen atoms in total. The predicted molar refractivity (Wildman–Crippen MR) is 123 cm³/mol. The quantitative estimate of drug-likeness (QED) is 0.607. The molecule has 3 amide bonds. The van der Waals surface area contributed by atoms with E-state index in [0.29, 0.717) is 6.54 Å². The number of rotatable bonds is 7. The van der Waals surface area contributed by atoms with Gasteiger partial charge in [0.1, 0.15) is 0 Å². The van der Waals surface area contributed by atoms with Crippen LogP contribution in [0.3, 0.4) is 0 Å². The van der Waals surface area contributed by atoms with Crippen molar-refractivity contribution in [1.29, 1.82) is 0 Å². The van der Waals surface area contributed by atoms with Crippen molar-refractivity contribution in [2.24, 2.45) is 0 Å². The van der Waals surface area contributed by atoms with E-state index in [0.717, 1.165) is 42.6 Å². The summed E-state index contributed by atoms with van der Waals surface area (Å²) in [4.78, 5) is 47.2. The Morgan fingerprint density at radius 3 is 2.64 bits per heavy atom. The molecule has 1 aromatic heterocycles. The molecule has 2 saturated heterocycles. The van der Waals surface area contributed by atoms with Crippen LogP contribution in [0.15, 0.2) is 48.8 Å². The van der Waals surface area contributed by atoms with Crippen molar-refractivity contribution in [3.05, 3.63) is 65.5 Å². The van der Waals surface area contributed by atoms with Gasteiger partial charge in [-0.3, -0.25) is 24.3 Å². The number of hydrogen-bond acceptors (Lipinski definition) is 5. The topological polar surface area (TPSA) is 79.8 Å². The Bertz CT molecular complexity index is 1020. The Morgan fingerprint density at radius 2 is 1.94 bits per heavy atom. The van der Waals surface area contributed by atoms with Crippen LogP contribution in [-0.2, 0) is 31.1 Å². The number of aromatic nitrogens is 1. The van der Waals surface area contributed by atoms with E-state index in [2.05, 4.69) is 4.98 Å². The van der Waals surface area contributed by atoms with Crippen molar-refractivity contribution in [1.82, 2.24) is 14.8 Å². The molecule has 0 aliphatic carbocycles. The monoisotopic (exact) mass is 449 g/mol. The average molecular weight is 450 g/mol. The number of carbonyl (C=O) groups excluding carboxylic acids is 3. The van der Waals surface area contributed by atoms with Gasteiger partial charge in [-0.2, -0.15) is 0 Å². The lowest BCUT2D eigenvalue weighted by Gasteiger charge is -2.32. The molecule has 0 unspecified atom stereocenters. The maximum atomic E-state index is 13.8. The molecule has 0 spiro atoms. The zero-order chi connectivity index (χ0) is 23.4. The van der Waals surface area contributed by atoms with Crippen molar-refractivity contribution in [3.8, 4) is 0 Å². The number of benzene rings is 1. The van der Waals surface area contributed by atoms with E-state index in [1.54, 1.807) is 36.5 Å². The summed E-state index contributed by atoms with van der Waals surface area (Å²) in [6.45, 7) is 3.31. The molecule has 1 aromatic carbocycles. The molecule has 7 heteroatoms. The van der Waals surface area contributed by atoms with E-state index in [1.807, 2.05) is 31.2 Å². The highest BCUT2D eigenvalue weighted by Crippen LogP contribution is 2.42. The van der Waals surface area contributed by atoms with E-state index >= 15 is 0 Å². The molecule has 2 fully saturated rings. The standard InChI is InChI=1S/C26H31N3O4/c1-19-7-3-4-9-22(19)26(15-23(30)28(2)18-21-8-5-6-14-33-21)16-24(31)29(25(26)32)17-20-10-12-27-13-11-20/h3-4,7,9-13,21H,5-6,8,14-18H2,1-2H3/t21-,26+/m0/s1. The first-order chi connectivity index (χ1) is 15.9. The minimum Gasteiger partial charge on any atom is -0.376 e. The van der Waals surface area contributed by atoms with Gasteiger partial charge in [0.2, 0.25) is 17.7 Å². The fourth-order valence-electron chi connectivity index (χ4n) is 4.94. The Labute approximate surface area is 194 Å². The lowest BCUT2D eigenvalue weighted by molar-refractivity contribution is -0.143. The van der Waals surface area contributed by atoms with Crippen LogP contribution in [0.5, 0.6) is 0 Å². The Morgan fingerprint density at radius 1 is 1.18 bits per heavy atom. The summed E-state index contributed by atoms with van der Waals surface area (Å²) in [7, 11) is 1.75. The van der Waals surface area contributed by atoms with Crippen molar-refractivity contribution in [3.63, 3.8) is 0 Å². The van der Waals surface area contributed by atoms with Crippen LogP contribution < -0.4 is 0 Å². The second-order valence-electron chi connectivity index (χ2n) is 9.15. The van der Waals surface area contributed by atoms with Crippen LogP contribution in [-0.4, -0.2) is 58.8 Å². The van der Waals surface area contributed by atoms with Gasteiger partial charge < -0.3 is 9.64 Å². The van der Waals surface area contributed by atoms with Gasteiger partial charge in [0.25, 0.3) is 0 Å². The van der Waals surface area contributed by atoms with Gasteiger partial charge in [0.05, 0.1) is 18.1 Å². The molecule has 2 aromatic rings. The van der Waals surface area contributed by atoms with Crippen molar-refractivity contribution >= 4 is 17.7 Å². The number of likely N-dealkylation sites (tertiary alicyclic amines) is 1. The molecule has 33 heavy (non-hydrogen) atoms. The maximum absolute atomic E-state index is 13.8. The Kier molecular flexibility index (Phi) is 6.88.